The third-order valence-electron chi connectivity index (χ3n) is 4.64. The van der Waals surface area contributed by atoms with Crippen LogP contribution in [0.15, 0.2) is 58.7 Å². The van der Waals surface area contributed by atoms with Gasteiger partial charge in [0.2, 0.25) is 0 Å². The van der Waals surface area contributed by atoms with Crippen molar-refractivity contribution < 1.29 is 22.7 Å². The van der Waals surface area contributed by atoms with Crippen molar-refractivity contribution in [3.8, 4) is 0 Å². The van der Waals surface area contributed by atoms with Crippen LogP contribution in [0.25, 0.3) is 0 Å². The Bertz CT molecular complexity index is 967. The number of amides is 1. The molecule has 8 nitrogen and oxygen atoms in total. The molecule has 1 aromatic rings. The van der Waals surface area contributed by atoms with Crippen LogP contribution in [0.3, 0.4) is 0 Å². The maximum atomic E-state index is 12.4. The molecule has 28 heavy (non-hydrogen) atoms. The summed E-state index contributed by atoms with van der Waals surface area (Å²) in [6.45, 7) is 1.72. The summed E-state index contributed by atoms with van der Waals surface area (Å²) in [6, 6.07) is 9.39. The van der Waals surface area contributed by atoms with Gasteiger partial charge >= 0.3 is 5.97 Å². The number of hydrogen-bond donors (Lipinski definition) is 0. The van der Waals surface area contributed by atoms with E-state index in [2.05, 4.69) is 4.40 Å². The van der Waals surface area contributed by atoms with Crippen molar-refractivity contribution in [1.29, 1.82) is 0 Å². The SMILES string of the molecule is CC(c1ccccc1)N(C)C(=O)COC(=O)C1=CN2CCS(=O)(=O)N=C2C=C1. The summed E-state index contributed by atoms with van der Waals surface area (Å²) in [4.78, 5) is 27.7. The Hall–Kier alpha value is -2.94. The van der Waals surface area contributed by atoms with Gasteiger partial charge in [-0.25, -0.2) is 13.2 Å². The maximum Gasteiger partial charge on any atom is 0.340 e. The molecule has 0 bridgehead atoms. The summed E-state index contributed by atoms with van der Waals surface area (Å²) in [6.07, 6.45) is 4.36. The fourth-order valence-electron chi connectivity index (χ4n) is 2.81. The zero-order valence-electron chi connectivity index (χ0n) is 15.6. The van der Waals surface area contributed by atoms with E-state index in [9.17, 15) is 18.0 Å². The number of carbonyl (C=O) groups is 2. The highest BCUT2D eigenvalue weighted by molar-refractivity contribution is 7.90. The Morgan fingerprint density at radius 1 is 1.25 bits per heavy atom. The Morgan fingerprint density at radius 3 is 2.68 bits per heavy atom. The van der Waals surface area contributed by atoms with Crippen LogP contribution in [0.4, 0.5) is 0 Å². The quantitative estimate of drug-likeness (QED) is 0.687. The van der Waals surface area contributed by atoms with E-state index in [1.54, 1.807) is 11.9 Å². The summed E-state index contributed by atoms with van der Waals surface area (Å²) in [5, 5.41) is 0. The number of ether oxygens (including phenoxy) is 1. The molecule has 2 heterocycles. The van der Waals surface area contributed by atoms with Gasteiger partial charge in [-0.3, -0.25) is 4.79 Å². The third kappa shape index (κ3) is 4.48. The fraction of sp³-hybridized carbons (Fsp3) is 0.316. The first kappa shape index (κ1) is 19.8. The zero-order chi connectivity index (χ0) is 20.3. The van der Waals surface area contributed by atoms with Crippen LogP contribution in [0, 0.1) is 0 Å². The zero-order valence-corrected chi connectivity index (χ0v) is 16.4. The number of benzene rings is 1. The van der Waals surface area contributed by atoms with E-state index in [-0.39, 0.29) is 42.3 Å². The fourth-order valence-corrected chi connectivity index (χ4v) is 3.77. The molecule has 1 aromatic carbocycles. The van der Waals surface area contributed by atoms with E-state index in [0.717, 1.165) is 5.56 Å². The highest BCUT2D eigenvalue weighted by Crippen LogP contribution is 2.19. The molecule has 0 aliphatic carbocycles. The average Bonchev–Trinajstić information content (AvgIpc) is 2.70. The van der Waals surface area contributed by atoms with Gasteiger partial charge < -0.3 is 14.5 Å². The van der Waals surface area contributed by atoms with Crippen molar-refractivity contribution in [3.63, 3.8) is 0 Å². The van der Waals surface area contributed by atoms with Crippen LogP contribution in [0.1, 0.15) is 18.5 Å². The lowest BCUT2D eigenvalue weighted by molar-refractivity contribution is -0.149. The van der Waals surface area contributed by atoms with E-state index < -0.39 is 16.0 Å². The number of amidine groups is 1. The van der Waals surface area contributed by atoms with Crippen LogP contribution in [0.5, 0.6) is 0 Å². The number of rotatable bonds is 5. The largest absolute Gasteiger partial charge is 0.452 e. The molecular formula is C19H21N3O5S. The van der Waals surface area contributed by atoms with Gasteiger partial charge in [0.1, 0.15) is 5.84 Å². The van der Waals surface area contributed by atoms with Crippen LogP contribution in [0.2, 0.25) is 0 Å². The Kier molecular flexibility index (Phi) is 5.64. The molecule has 1 unspecified atom stereocenters. The molecule has 0 fully saturated rings. The molecule has 3 rings (SSSR count). The second-order valence-electron chi connectivity index (χ2n) is 6.51. The van der Waals surface area contributed by atoms with Crippen molar-refractivity contribution in [2.24, 2.45) is 4.40 Å². The summed E-state index contributed by atoms with van der Waals surface area (Å²) in [7, 11) is -1.80. The molecule has 0 saturated carbocycles. The van der Waals surface area contributed by atoms with E-state index in [4.69, 9.17) is 4.74 Å². The van der Waals surface area contributed by atoms with Crippen molar-refractivity contribution >= 4 is 27.7 Å². The number of esters is 1. The smallest absolute Gasteiger partial charge is 0.340 e. The van der Waals surface area contributed by atoms with Gasteiger partial charge in [0.05, 0.1) is 17.4 Å². The molecule has 148 valence electrons. The summed E-state index contributed by atoms with van der Waals surface area (Å²) < 4.78 is 31.8. The van der Waals surface area contributed by atoms with Crippen LogP contribution in [-0.2, 0) is 24.3 Å². The minimum Gasteiger partial charge on any atom is -0.452 e. The van der Waals surface area contributed by atoms with E-state index in [0.29, 0.717) is 0 Å². The van der Waals surface area contributed by atoms with Crippen LogP contribution in [-0.4, -0.2) is 61.9 Å². The highest BCUT2D eigenvalue weighted by Gasteiger charge is 2.26. The number of carbonyl (C=O) groups excluding carboxylic acids is 2. The van der Waals surface area contributed by atoms with Gasteiger partial charge in [-0.15, -0.1) is 4.40 Å². The standard InChI is InChI=1S/C19H21N3O5S/c1-14(15-6-4-3-5-7-15)21(2)18(23)13-27-19(24)16-8-9-17-20-28(25,26)11-10-22(17)12-16/h3-9,12,14H,10-11,13H2,1-2H3. The molecule has 0 saturated heterocycles. The molecule has 2 aliphatic heterocycles. The van der Waals surface area contributed by atoms with E-state index in [1.807, 2.05) is 37.3 Å². The lowest BCUT2D eigenvalue weighted by Gasteiger charge is -2.27. The average molecular weight is 403 g/mol. The molecule has 9 heteroatoms. The molecule has 0 N–H and O–H groups in total. The monoisotopic (exact) mass is 403 g/mol. The van der Waals surface area contributed by atoms with Gasteiger partial charge in [0.15, 0.2) is 6.61 Å². The van der Waals surface area contributed by atoms with Crippen molar-refractivity contribution in [1.82, 2.24) is 9.80 Å². The normalized spacial score (nSPS) is 18.4. The molecule has 0 spiro atoms. The van der Waals surface area contributed by atoms with E-state index >= 15 is 0 Å². The molecule has 0 aromatic heterocycles. The predicted octanol–water partition coefficient (Wildman–Crippen LogP) is 1.25. The number of sulfonamides is 1. The summed E-state index contributed by atoms with van der Waals surface area (Å²) in [5.41, 5.74) is 1.21. The Labute approximate surface area is 163 Å². The first-order valence-corrected chi connectivity index (χ1v) is 10.3. The second-order valence-corrected chi connectivity index (χ2v) is 8.27. The minimum absolute atomic E-state index is 0.121. The minimum atomic E-state index is -3.45. The molecule has 1 atom stereocenters. The van der Waals surface area contributed by atoms with Crippen molar-refractivity contribution in [2.75, 3.05) is 26.0 Å². The third-order valence-corrected chi connectivity index (χ3v) is 5.81. The van der Waals surface area contributed by atoms with Crippen molar-refractivity contribution in [2.45, 2.75) is 13.0 Å². The number of likely N-dealkylation sites (N-methyl/N-ethyl adjacent to an activating group) is 1. The molecule has 1 amide bonds. The Morgan fingerprint density at radius 2 is 1.96 bits per heavy atom. The number of fused-ring (bicyclic) bond motifs is 1. The Balaban J connectivity index is 1.58. The predicted molar refractivity (Wildman–Crippen MR) is 104 cm³/mol. The molecule has 0 radical (unpaired) electrons. The van der Waals surface area contributed by atoms with Gasteiger partial charge in [0, 0.05) is 19.8 Å². The molecular weight excluding hydrogens is 382 g/mol. The van der Waals surface area contributed by atoms with Crippen LogP contribution < -0.4 is 0 Å². The van der Waals surface area contributed by atoms with Gasteiger partial charge in [0.25, 0.3) is 15.9 Å². The van der Waals surface area contributed by atoms with Gasteiger partial charge in [-0.1, -0.05) is 30.3 Å². The first-order chi connectivity index (χ1) is 13.3. The number of nitrogens with zero attached hydrogens (tertiary/aromatic N) is 3. The first-order valence-electron chi connectivity index (χ1n) is 8.74. The maximum absolute atomic E-state index is 12.4. The number of hydrogen-bond acceptors (Lipinski definition) is 6. The van der Waals surface area contributed by atoms with Gasteiger partial charge in [-0.05, 0) is 24.6 Å². The summed E-state index contributed by atoms with van der Waals surface area (Å²) >= 11 is 0. The second kappa shape index (κ2) is 7.97. The summed E-state index contributed by atoms with van der Waals surface area (Å²) in [5.74, 6) is -0.839. The van der Waals surface area contributed by atoms with Crippen LogP contribution >= 0.6 is 0 Å². The highest BCUT2D eigenvalue weighted by atomic mass is 32.2. The van der Waals surface area contributed by atoms with Crippen molar-refractivity contribution in [3.05, 3.63) is 59.8 Å². The van der Waals surface area contributed by atoms with E-state index in [1.165, 1.54) is 23.3 Å². The van der Waals surface area contributed by atoms with Gasteiger partial charge in [-0.2, -0.15) is 0 Å². The topological polar surface area (TPSA) is 96.4 Å². The lowest BCUT2D eigenvalue weighted by Crippen LogP contribution is -2.37. The lowest BCUT2D eigenvalue weighted by atomic mass is 10.1. The molecule has 2 aliphatic rings.